The van der Waals surface area contributed by atoms with Gasteiger partial charge in [0, 0.05) is 12.8 Å². The molecule has 30 heavy (non-hydrogen) atoms. The lowest BCUT2D eigenvalue weighted by Gasteiger charge is -2.04. The lowest BCUT2D eigenvalue weighted by Crippen LogP contribution is -2.04. The largest absolute Gasteiger partial charge is 0.461 e. The monoisotopic (exact) mass is 412 g/mol. The Morgan fingerprint density at radius 1 is 0.600 bits per heavy atom. The van der Waals surface area contributed by atoms with Crippen LogP contribution in [0.2, 0.25) is 0 Å². The van der Waals surface area contributed by atoms with Crippen LogP contribution in [0.1, 0.15) is 76.3 Å². The molecule has 0 amide bonds. The molecule has 0 radical (unpaired) electrons. The molecule has 4 nitrogen and oxygen atoms in total. The Morgan fingerprint density at radius 2 is 0.967 bits per heavy atom. The van der Waals surface area contributed by atoms with Gasteiger partial charge in [-0.25, -0.2) is 0 Å². The van der Waals surface area contributed by atoms with Crippen LogP contribution < -0.4 is 0 Å². The Balaban J connectivity index is 0.000000300. The lowest BCUT2D eigenvalue weighted by atomic mass is 10.2. The molecular formula is C26H36O4. The topological polar surface area (TPSA) is 52.6 Å². The summed E-state index contributed by atoms with van der Waals surface area (Å²) in [7, 11) is 0. The number of rotatable bonds is 12. The molecule has 0 saturated heterocycles. The Morgan fingerprint density at radius 3 is 1.30 bits per heavy atom. The highest BCUT2D eigenvalue weighted by Crippen LogP contribution is 2.05. The highest BCUT2D eigenvalue weighted by atomic mass is 16.5. The normalized spacial score (nSPS) is 9.93. The van der Waals surface area contributed by atoms with Crippen LogP contribution in [0.25, 0.3) is 0 Å². The van der Waals surface area contributed by atoms with Crippen molar-refractivity contribution in [1.82, 2.24) is 0 Å². The van der Waals surface area contributed by atoms with Gasteiger partial charge in [-0.1, -0.05) is 100 Å². The summed E-state index contributed by atoms with van der Waals surface area (Å²) in [6.45, 7) is 5.03. The lowest BCUT2D eigenvalue weighted by molar-refractivity contribution is -0.146. The quantitative estimate of drug-likeness (QED) is 0.290. The van der Waals surface area contributed by atoms with Crippen LogP contribution in [0, 0.1) is 0 Å². The van der Waals surface area contributed by atoms with Gasteiger partial charge in [0.05, 0.1) is 0 Å². The Hall–Kier alpha value is -2.62. The zero-order chi connectivity index (χ0) is 21.9. The maximum Gasteiger partial charge on any atom is 0.306 e. The minimum atomic E-state index is -0.0905. The van der Waals surface area contributed by atoms with Crippen LogP contribution in [0.5, 0.6) is 0 Å². The molecule has 0 saturated carbocycles. The van der Waals surface area contributed by atoms with Crippen molar-refractivity contribution in [3.8, 4) is 0 Å². The number of hydrogen-bond acceptors (Lipinski definition) is 4. The van der Waals surface area contributed by atoms with E-state index in [0.29, 0.717) is 26.1 Å². The number of benzene rings is 2. The number of carbonyl (C=O) groups excluding carboxylic acids is 2. The Labute approximate surface area is 181 Å². The van der Waals surface area contributed by atoms with E-state index < -0.39 is 0 Å². The summed E-state index contributed by atoms with van der Waals surface area (Å²) in [6, 6.07) is 19.5. The van der Waals surface area contributed by atoms with Crippen LogP contribution in [0.4, 0.5) is 0 Å². The van der Waals surface area contributed by atoms with E-state index in [0.717, 1.165) is 49.7 Å². The van der Waals surface area contributed by atoms with E-state index in [1.54, 1.807) is 0 Å². The second-order valence-electron chi connectivity index (χ2n) is 7.21. The molecule has 4 heteroatoms. The van der Waals surface area contributed by atoms with Crippen molar-refractivity contribution in [3.05, 3.63) is 71.8 Å². The van der Waals surface area contributed by atoms with E-state index in [2.05, 4.69) is 13.8 Å². The molecule has 2 rings (SSSR count). The average molecular weight is 413 g/mol. The molecule has 2 aromatic rings. The van der Waals surface area contributed by atoms with Gasteiger partial charge >= 0.3 is 11.9 Å². The van der Waals surface area contributed by atoms with Gasteiger partial charge in [0.2, 0.25) is 0 Å². The predicted octanol–water partition coefficient (Wildman–Crippen LogP) is 6.62. The van der Waals surface area contributed by atoms with E-state index in [4.69, 9.17) is 9.47 Å². The smallest absolute Gasteiger partial charge is 0.306 e. The van der Waals surface area contributed by atoms with E-state index in [1.165, 1.54) is 0 Å². The third-order valence-electron chi connectivity index (χ3n) is 4.45. The van der Waals surface area contributed by atoms with Crippen molar-refractivity contribution in [3.63, 3.8) is 0 Å². The fourth-order valence-electron chi connectivity index (χ4n) is 2.66. The summed E-state index contributed by atoms with van der Waals surface area (Å²) < 4.78 is 10.3. The molecule has 0 spiro atoms. The molecular weight excluding hydrogens is 376 g/mol. The van der Waals surface area contributed by atoms with Crippen LogP contribution in [0.3, 0.4) is 0 Å². The first-order chi connectivity index (χ1) is 14.7. The fourth-order valence-corrected chi connectivity index (χ4v) is 2.66. The van der Waals surface area contributed by atoms with E-state index in [1.807, 2.05) is 60.7 Å². The number of unbranched alkanes of at least 4 members (excludes halogenated alkanes) is 4. The van der Waals surface area contributed by atoms with Crippen molar-refractivity contribution in [2.24, 2.45) is 0 Å². The average Bonchev–Trinajstić information content (AvgIpc) is 2.78. The van der Waals surface area contributed by atoms with Crippen molar-refractivity contribution in [2.75, 3.05) is 0 Å². The summed E-state index contributed by atoms with van der Waals surface area (Å²) in [5.41, 5.74) is 2.09. The molecule has 0 unspecified atom stereocenters. The van der Waals surface area contributed by atoms with Gasteiger partial charge in [-0.15, -0.1) is 0 Å². The first kappa shape index (κ1) is 25.4. The Bertz CT molecular complexity index is 621. The van der Waals surface area contributed by atoms with Gasteiger partial charge in [-0.05, 0) is 24.0 Å². The molecule has 164 valence electrons. The minimum Gasteiger partial charge on any atom is -0.461 e. The van der Waals surface area contributed by atoms with Crippen LogP contribution in [0.15, 0.2) is 60.7 Å². The zero-order valence-corrected chi connectivity index (χ0v) is 18.5. The highest BCUT2D eigenvalue weighted by Gasteiger charge is 2.03. The highest BCUT2D eigenvalue weighted by molar-refractivity contribution is 5.69. The van der Waals surface area contributed by atoms with Gasteiger partial charge in [0.15, 0.2) is 0 Å². The Kier molecular flexibility index (Phi) is 14.6. The summed E-state index contributed by atoms with van der Waals surface area (Å²) in [5, 5.41) is 0. The van der Waals surface area contributed by atoms with E-state index in [-0.39, 0.29) is 11.9 Å². The van der Waals surface area contributed by atoms with Crippen molar-refractivity contribution < 1.29 is 19.1 Å². The molecule has 0 aromatic heterocycles. The predicted molar refractivity (Wildman–Crippen MR) is 121 cm³/mol. The number of ether oxygens (including phenoxy) is 2. The standard InChI is InChI=1S/2C13H18O2/c2*1-2-3-5-10-13(14)15-11-12-8-6-4-7-9-12/h2*4,6-9H,2-3,5,10-11H2,1H3. The summed E-state index contributed by atoms with van der Waals surface area (Å²) in [5.74, 6) is -0.181. The number of carbonyl (C=O) groups is 2. The molecule has 0 bridgehead atoms. The number of hydrogen-bond donors (Lipinski definition) is 0. The summed E-state index contributed by atoms with van der Waals surface area (Å²) >= 11 is 0. The molecule has 0 fully saturated rings. The van der Waals surface area contributed by atoms with Gasteiger partial charge in [-0.3, -0.25) is 9.59 Å². The second-order valence-corrected chi connectivity index (χ2v) is 7.21. The van der Waals surface area contributed by atoms with E-state index in [9.17, 15) is 9.59 Å². The zero-order valence-electron chi connectivity index (χ0n) is 18.5. The fraction of sp³-hybridized carbons (Fsp3) is 0.462. The van der Waals surface area contributed by atoms with Crippen molar-refractivity contribution in [1.29, 1.82) is 0 Å². The molecule has 0 aliphatic carbocycles. The van der Waals surface area contributed by atoms with Gasteiger partial charge in [-0.2, -0.15) is 0 Å². The van der Waals surface area contributed by atoms with E-state index >= 15 is 0 Å². The first-order valence-electron chi connectivity index (χ1n) is 11.0. The second kappa shape index (κ2) is 17.3. The third-order valence-corrected chi connectivity index (χ3v) is 4.45. The number of esters is 2. The molecule has 0 N–H and O–H groups in total. The molecule has 0 aliphatic heterocycles. The van der Waals surface area contributed by atoms with Gasteiger partial charge in [0.1, 0.15) is 13.2 Å². The molecule has 0 heterocycles. The van der Waals surface area contributed by atoms with Crippen LogP contribution in [-0.4, -0.2) is 11.9 Å². The molecule has 2 aromatic carbocycles. The molecule has 0 atom stereocenters. The van der Waals surface area contributed by atoms with Gasteiger partial charge < -0.3 is 9.47 Å². The third kappa shape index (κ3) is 13.5. The van der Waals surface area contributed by atoms with Crippen LogP contribution >= 0.6 is 0 Å². The molecule has 0 aliphatic rings. The van der Waals surface area contributed by atoms with Crippen molar-refractivity contribution in [2.45, 2.75) is 78.4 Å². The first-order valence-corrected chi connectivity index (χ1v) is 11.0. The van der Waals surface area contributed by atoms with Gasteiger partial charge in [0.25, 0.3) is 0 Å². The summed E-state index contributed by atoms with van der Waals surface area (Å²) in [4.78, 5) is 22.5. The summed E-state index contributed by atoms with van der Waals surface area (Å²) in [6.07, 6.45) is 7.41. The maximum absolute atomic E-state index is 11.3. The van der Waals surface area contributed by atoms with Crippen LogP contribution in [-0.2, 0) is 32.3 Å². The minimum absolute atomic E-state index is 0.0905. The SMILES string of the molecule is CCCCCC(=O)OCc1ccccc1.CCCCCC(=O)OCc1ccccc1. The van der Waals surface area contributed by atoms with Crippen molar-refractivity contribution >= 4 is 11.9 Å². The maximum atomic E-state index is 11.3.